The number of carbonyl (C=O) groups excluding carboxylic acids is 4. The van der Waals surface area contributed by atoms with Gasteiger partial charge in [-0.15, -0.1) is 13.2 Å². The van der Waals surface area contributed by atoms with Gasteiger partial charge >= 0.3 is 12.1 Å². The quantitative estimate of drug-likeness (QED) is 0.0526. The Labute approximate surface area is 321 Å². The number of hydrogen-bond acceptors (Lipinski definition) is 9. The van der Waals surface area contributed by atoms with Crippen molar-refractivity contribution in [3.8, 4) is 11.1 Å². The minimum atomic E-state index is -1.01. The fraction of sp³-hybridized carbons (Fsp3) is 0.381. The molecule has 3 amide bonds. The van der Waals surface area contributed by atoms with Gasteiger partial charge in [0.05, 0.1) is 31.8 Å². The zero-order valence-corrected chi connectivity index (χ0v) is 31.4. The van der Waals surface area contributed by atoms with Gasteiger partial charge in [-0.1, -0.05) is 91.0 Å². The lowest BCUT2D eigenvalue weighted by atomic mass is 9.98. The number of nitrogens with one attached hydrogen (secondary N) is 3. The Kier molecular flexibility index (Phi) is 17.8. The first-order chi connectivity index (χ1) is 26.3. The van der Waals surface area contributed by atoms with Gasteiger partial charge in [-0.2, -0.15) is 11.8 Å². The number of esters is 1. The lowest BCUT2D eigenvalue weighted by molar-refractivity contribution is -0.147. The molecule has 1 aliphatic carbocycles. The lowest BCUT2D eigenvalue weighted by Gasteiger charge is -2.24. The number of alkyl carbamates (subject to hydrolysis) is 1. The van der Waals surface area contributed by atoms with Gasteiger partial charge in [-0.05, 0) is 47.1 Å². The number of rotatable bonds is 24. The SMILES string of the molecule is C=CCC[C@H](NC(=O)OCC1c2ccccc2-c2ccccc21)C(=O)OC[C@H](CSCc1ccccc1)NC(=O)[C@@H](CC=C)CC(=O)NCCOCCO. The average molecular weight is 758 g/mol. The Morgan fingerprint density at radius 3 is 2.20 bits per heavy atom. The summed E-state index contributed by atoms with van der Waals surface area (Å²) in [6, 6.07) is 24.3. The molecule has 0 bridgehead atoms. The van der Waals surface area contributed by atoms with Crippen LogP contribution in [0.2, 0.25) is 0 Å². The second-order valence-electron chi connectivity index (χ2n) is 12.8. The van der Waals surface area contributed by atoms with E-state index in [1.165, 1.54) is 0 Å². The summed E-state index contributed by atoms with van der Waals surface area (Å²) in [4.78, 5) is 52.7. The van der Waals surface area contributed by atoms with E-state index in [-0.39, 0.29) is 76.6 Å². The van der Waals surface area contributed by atoms with Gasteiger partial charge in [-0.25, -0.2) is 9.59 Å². The van der Waals surface area contributed by atoms with Crippen molar-refractivity contribution in [3.05, 3.63) is 121 Å². The third-order valence-electron chi connectivity index (χ3n) is 8.84. The van der Waals surface area contributed by atoms with Crippen LogP contribution in [0.5, 0.6) is 0 Å². The summed E-state index contributed by atoms with van der Waals surface area (Å²) in [6.45, 7) is 7.98. The van der Waals surface area contributed by atoms with Crippen LogP contribution in [0.1, 0.15) is 48.3 Å². The number of aliphatic hydroxyl groups excluding tert-OH is 1. The number of amides is 3. The molecule has 1 aliphatic rings. The number of aliphatic hydroxyl groups is 1. The number of fused-ring (bicyclic) bond motifs is 3. The van der Waals surface area contributed by atoms with E-state index in [1.54, 1.807) is 23.9 Å². The Morgan fingerprint density at radius 1 is 0.852 bits per heavy atom. The Bertz CT molecular complexity index is 1640. The van der Waals surface area contributed by atoms with E-state index in [1.807, 2.05) is 66.7 Å². The average Bonchev–Trinajstić information content (AvgIpc) is 3.51. The molecule has 0 saturated heterocycles. The zero-order valence-electron chi connectivity index (χ0n) is 30.6. The molecule has 4 N–H and O–H groups in total. The van der Waals surface area contributed by atoms with Crippen LogP contribution in [0.25, 0.3) is 11.1 Å². The van der Waals surface area contributed by atoms with Crippen molar-refractivity contribution in [1.82, 2.24) is 16.0 Å². The van der Waals surface area contributed by atoms with E-state index in [9.17, 15) is 19.2 Å². The van der Waals surface area contributed by atoms with Crippen LogP contribution < -0.4 is 16.0 Å². The maximum Gasteiger partial charge on any atom is 0.407 e. The molecule has 0 aromatic heterocycles. The molecule has 4 rings (SSSR count). The van der Waals surface area contributed by atoms with Crippen LogP contribution in [0.4, 0.5) is 4.79 Å². The van der Waals surface area contributed by atoms with Gasteiger partial charge in [0, 0.05) is 30.4 Å². The van der Waals surface area contributed by atoms with Crippen molar-refractivity contribution in [2.75, 3.05) is 45.3 Å². The van der Waals surface area contributed by atoms with E-state index in [2.05, 4.69) is 41.2 Å². The number of benzene rings is 3. The highest BCUT2D eigenvalue weighted by atomic mass is 32.2. The summed E-state index contributed by atoms with van der Waals surface area (Å²) in [5.41, 5.74) is 5.47. The summed E-state index contributed by atoms with van der Waals surface area (Å²) in [5.74, 6) is -1.11. The molecule has 0 spiro atoms. The Balaban J connectivity index is 1.36. The van der Waals surface area contributed by atoms with Crippen molar-refractivity contribution in [2.24, 2.45) is 5.92 Å². The summed E-state index contributed by atoms with van der Waals surface area (Å²) in [7, 11) is 0. The number of hydrogen-bond donors (Lipinski definition) is 4. The molecule has 3 aromatic rings. The van der Waals surface area contributed by atoms with Crippen LogP contribution >= 0.6 is 11.8 Å². The van der Waals surface area contributed by atoms with Crippen molar-refractivity contribution in [2.45, 2.75) is 49.4 Å². The van der Waals surface area contributed by atoms with Gasteiger partial charge in [-0.3, -0.25) is 9.59 Å². The van der Waals surface area contributed by atoms with E-state index in [0.29, 0.717) is 17.9 Å². The molecule has 0 radical (unpaired) electrons. The number of carbonyl (C=O) groups is 4. The van der Waals surface area contributed by atoms with Gasteiger partial charge < -0.3 is 35.3 Å². The molecule has 0 aliphatic heterocycles. The second kappa shape index (κ2) is 23.0. The molecule has 54 heavy (non-hydrogen) atoms. The summed E-state index contributed by atoms with van der Waals surface area (Å²) in [6.07, 6.45) is 3.37. The zero-order chi connectivity index (χ0) is 38.5. The van der Waals surface area contributed by atoms with Gasteiger partial charge in [0.1, 0.15) is 19.3 Å². The predicted molar refractivity (Wildman–Crippen MR) is 211 cm³/mol. The molecule has 12 heteroatoms. The highest BCUT2D eigenvalue weighted by Gasteiger charge is 2.31. The van der Waals surface area contributed by atoms with Crippen molar-refractivity contribution in [3.63, 3.8) is 0 Å². The van der Waals surface area contributed by atoms with Crippen LogP contribution in [-0.4, -0.2) is 86.4 Å². The third-order valence-corrected chi connectivity index (χ3v) is 10.0. The third kappa shape index (κ3) is 13.2. The highest BCUT2D eigenvalue weighted by Crippen LogP contribution is 2.44. The van der Waals surface area contributed by atoms with Gasteiger partial charge in [0.2, 0.25) is 11.8 Å². The molecule has 11 nitrogen and oxygen atoms in total. The Hall–Kier alpha value is -4.91. The van der Waals surface area contributed by atoms with Crippen molar-refractivity contribution >= 4 is 35.6 Å². The fourth-order valence-electron chi connectivity index (χ4n) is 6.15. The summed E-state index contributed by atoms with van der Waals surface area (Å²) < 4.78 is 16.6. The topological polar surface area (TPSA) is 152 Å². The molecule has 0 unspecified atom stereocenters. The second-order valence-corrected chi connectivity index (χ2v) is 13.9. The number of ether oxygens (including phenoxy) is 3. The van der Waals surface area contributed by atoms with Crippen LogP contribution in [-0.2, 0) is 34.3 Å². The summed E-state index contributed by atoms with van der Waals surface area (Å²) >= 11 is 1.57. The highest BCUT2D eigenvalue weighted by molar-refractivity contribution is 7.98. The standard InChI is InChI=1S/C42H51N3O8S/c1-3-5-20-38(45-42(50)53-27-37-35-18-11-9-16-33(35)34-17-10-12-19-36(34)37)41(49)52-26-32(29-54-28-30-14-7-6-8-15-30)44-40(48)31(13-4-2)25-39(47)43-21-23-51-24-22-46/h3-4,6-12,14-19,31-32,37-38,46H,1-2,5,13,20-29H2,(H,43,47)(H,44,48)(H,45,50)/t31-,32+,38-/m0/s1. The Morgan fingerprint density at radius 2 is 1.54 bits per heavy atom. The van der Waals surface area contributed by atoms with Crippen LogP contribution in [0, 0.1) is 5.92 Å². The monoisotopic (exact) mass is 757 g/mol. The molecule has 0 fully saturated rings. The van der Waals surface area contributed by atoms with Crippen LogP contribution in [0.15, 0.2) is 104 Å². The lowest BCUT2D eigenvalue weighted by Crippen LogP contribution is -2.47. The molecule has 288 valence electrons. The number of thioether (sulfide) groups is 1. The van der Waals surface area contributed by atoms with Crippen molar-refractivity contribution in [1.29, 1.82) is 0 Å². The van der Waals surface area contributed by atoms with E-state index >= 15 is 0 Å². The van der Waals surface area contributed by atoms with Gasteiger partial charge in [0.15, 0.2) is 0 Å². The predicted octanol–water partition coefficient (Wildman–Crippen LogP) is 5.53. The fourth-order valence-corrected chi connectivity index (χ4v) is 7.16. The minimum absolute atomic E-state index is 0.0742. The molecule has 3 aromatic carbocycles. The van der Waals surface area contributed by atoms with Crippen molar-refractivity contribution < 1.29 is 38.5 Å². The molecular weight excluding hydrogens is 707 g/mol. The smallest absolute Gasteiger partial charge is 0.407 e. The minimum Gasteiger partial charge on any atom is -0.462 e. The number of allylic oxidation sites excluding steroid dienone is 2. The first-order valence-electron chi connectivity index (χ1n) is 18.2. The maximum atomic E-state index is 13.5. The van der Waals surface area contributed by atoms with E-state index in [4.69, 9.17) is 19.3 Å². The van der Waals surface area contributed by atoms with Gasteiger partial charge in [0.25, 0.3) is 0 Å². The van der Waals surface area contributed by atoms with Crippen LogP contribution in [0.3, 0.4) is 0 Å². The molecular formula is C42H51N3O8S. The molecule has 0 heterocycles. The first kappa shape index (κ1) is 41.8. The normalized spacial score (nSPS) is 13.4. The molecule has 3 atom stereocenters. The largest absolute Gasteiger partial charge is 0.462 e. The van der Waals surface area contributed by atoms with E-state index < -0.39 is 30.1 Å². The van der Waals surface area contributed by atoms with E-state index in [0.717, 1.165) is 27.8 Å². The first-order valence-corrected chi connectivity index (χ1v) is 19.4. The maximum absolute atomic E-state index is 13.5. The molecule has 0 saturated carbocycles. The summed E-state index contributed by atoms with van der Waals surface area (Å²) in [5, 5.41) is 17.2.